The topological polar surface area (TPSA) is 110 Å². The van der Waals surface area contributed by atoms with E-state index >= 15 is 0 Å². The smallest absolute Gasteiger partial charge is 0.337 e. The minimum atomic E-state index is -0.446. The van der Waals surface area contributed by atoms with Crippen LogP contribution in [0.2, 0.25) is 0 Å². The molecule has 192 valence electrons. The first-order valence-electron chi connectivity index (χ1n) is 11.3. The van der Waals surface area contributed by atoms with Gasteiger partial charge < -0.3 is 33.5 Å². The molecule has 2 aromatic carbocycles. The molecule has 1 saturated heterocycles. The zero-order valence-corrected chi connectivity index (χ0v) is 20.7. The van der Waals surface area contributed by atoms with Gasteiger partial charge in [-0.3, -0.25) is 4.79 Å². The number of carbonyl (C=O) groups excluding carboxylic acids is 2. The molecule has 1 fully saturated rings. The summed E-state index contributed by atoms with van der Waals surface area (Å²) in [6, 6.07) is 10.5. The fraction of sp³-hybridized carbons (Fsp3) is 0.462. The molecule has 1 atom stereocenters. The Labute approximate surface area is 205 Å². The highest BCUT2D eigenvalue weighted by Crippen LogP contribution is 2.21. The highest BCUT2D eigenvalue weighted by molar-refractivity contribution is 5.90. The molecule has 0 amide bonds. The minimum Gasteiger partial charge on any atom is -0.497 e. The van der Waals surface area contributed by atoms with Crippen molar-refractivity contribution in [2.24, 2.45) is 0 Å². The number of methoxy groups -OCH3 is 4. The van der Waals surface area contributed by atoms with E-state index in [0.29, 0.717) is 29.2 Å². The Hall–Kier alpha value is -3.14. The molecule has 0 radical (unpaired) electrons. The summed E-state index contributed by atoms with van der Waals surface area (Å²) in [5.41, 5.74) is 2.80. The number of aliphatic hydroxyl groups is 1. The Bertz CT molecular complexity index is 930. The molecular formula is C26H34O9. The summed E-state index contributed by atoms with van der Waals surface area (Å²) in [5.74, 6) is 0.515. The quantitative estimate of drug-likeness (QED) is 0.529. The number of aliphatic hydroxyl groups excluding tert-OH is 1. The van der Waals surface area contributed by atoms with Gasteiger partial charge in [0.05, 0.1) is 53.6 Å². The van der Waals surface area contributed by atoms with Crippen molar-refractivity contribution in [2.45, 2.75) is 45.2 Å². The second-order valence-corrected chi connectivity index (χ2v) is 7.77. The molecule has 1 unspecified atom stereocenters. The molecule has 2 aromatic rings. The van der Waals surface area contributed by atoms with E-state index in [9.17, 15) is 9.59 Å². The van der Waals surface area contributed by atoms with Gasteiger partial charge in [-0.2, -0.15) is 0 Å². The first-order chi connectivity index (χ1) is 16.9. The van der Waals surface area contributed by atoms with Crippen LogP contribution in [0.3, 0.4) is 0 Å². The van der Waals surface area contributed by atoms with Crippen LogP contribution in [0.5, 0.6) is 11.5 Å². The number of rotatable bonds is 9. The predicted octanol–water partition coefficient (Wildman–Crippen LogP) is 3.43. The number of carbonyl (C=O) groups is 2. The second kappa shape index (κ2) is 15.0. The zero-order chi connectivity index (χ0) is 25.6. The summed E-state index contributed by atoms with van der Waals surface area (Å²) < 4.78 is 30.8. The lowest BCUT2D eigenvalue weighted by molar-refractivity contribution is -0.168. The molecule has 0 aliphatic carbocycles. The van der Waals surface area contributed by atoms with Crippen molar-refractivity contribution in [1.29, 1.82) is 0 Å². The van der Waals surface area contributed by atoms with Crippen molar-refractivity contribution in [3.05, 3.63) is 58.7 Å². The second-order valence-electron chi connectivity index (χ2n) is 7.77. The summed E-state index contributed by atoms with van der Waals surface area (Å²) in [5, 5.41) is 8.93. The zero-order valence-electron chi connectivity index (χ0n) is 20.7. The van der Waals surface area contributed by atoms with Gasteiger partial charge in [-0.05, 0) is 66.3 Å². The van der Waals surface area contributed by atoms with Gasteiger partial charge in [-0.15, -0.1) is 0 Å². The van der Waals surface area contributed by atoms with Gasteiger partial charge in [0.25, 0.3) is 0 Å². The maximum atomic E-state index is 11.4. The number of esters is 2. The van der Waals surface area contributed by atoms with Crippen LogP contribution in [0.15, 0.2) is 36.4 Å². The van der Waals surface area contributed by atoms with Crippen LogP contribution < -0.4 is 9.47 Å². The Morgan fingerprint density at radius 2 is 1.57 bits per heavy atom. The molecule has 1 heterocycles. The molecule has 1 aliphatic heterocycles. The van der Waals surface area contributed by atoms with Crippen molar-refractivity contribution >= 4 is 11.9 Å². The van der Waals surface area contributed by atoms with E-state index in [2.05, 4.69) is 4.74 Å². The lowest BCUT2D eigenvalue weighted by Crippen LogP contribution is -2.22. The van der Waals surface area contributed by atoms with Crippen molar-refractivity contribution < 1.29 is 43.1 Å². The molecular weight excluding hydrogens is 456 g/mol. The molecule has 0 aromatic heterocycles. The third kappa shape index (κ3) is 9.56. The van der Waals surface area contributed by atoms with Gasteiger partial charge in [-0.1, -0.05) is 6.07 Å². The summed E-state index contributed by atoms with van der Waals surface area (Å²) in [6.07, 6.45) is 3.26. The van der Waals surface area contributed by atoms with Gasteiger partial charge in [0.2, 0.25) is 0 Å². The van der Waals surface area contributed by atoms with E-state index in [-0.39, 0.29) is 25.3 Å². The highest BCUT2D eigenvalue weighted by Gasteiger charge is 2.15. The van der Waals surface area contributed by atoms with Crippen LogP contribution in [-0.2, 0) is 43.4 Å². The maximum Gasteiger partial charge on any atom is 0.337 e. The normalized spacial score (nSPS) is 14.8. The standard InChI is InChI=1S/C16H22O5.C10H12O4/c1-18-14-8-12(10-15(17)19-2)7-13(9-14)11-21-16-5-3-4-6-20-16;1-13-9-4-7(6-11)3-8(5-9)10(12)14-2/h7-9,16H,3-6,10-11H2,1-2H3;3-5,11H,6H2,1-2H3. The molecule has 9 heteroatoms. The Morgan fingerprint density at radius 1 is 0.886 bits per heavy atom. The lowest BCUT2D eigenvalue weighted by atomic mass is 10.1. The first-order valence-corrected chi connectivity index (χ1v) is 11.3. The van der Waals surface area contributed by atoms with Gasteiger partial charge >= 0.3 is 11.9 Å². The molecule has 9 nitrogen and oxygen atoms in total. The summed E-state index contributed by atoms with van der Waals surface area (Å²) in [7, 11) is 5.79. The van der Waals surface area contributed by atoms with Crippen LogP contribution >= 0.6 is 0 Å². The van der Waals surface area contributed by atoms with Crippen molar-refractivity contribution in [3.63, 3.8) is 0 Å². The molecule has 0 bridgehead atoms. The van der Waals surface area contributed by atoms with Gasteiger partial charge in [0, 0.05) is 6.61 Å². The molecule has 0 spiro atoms. The molecule has 1 aliphatic rings. The predicted molar refractivity (Wildman–Crippen MR) is 127 cm³/mol. The number of ether oxygens (including phenoxy) is 6. The third-order valence-electron chi connectivity index (χ3n) is 5.22. The Balaban J connectivity index is 0.000000269. The van der Waals surface area contributed by atoms with Crippen molar-refractivity contribution in [3.8, 4) is 11.5 Å². The monoisotopic (exact) mass is 490 g/mol. The molecule has 3 rings (SSSR count). The molecule has 35 heavy (non-hydrogen) atoms. The van der Waals surface area contributed by atoms with Crippen LogP contribution in [-0.4, -0.2) is 58.4 Å². The van der Waals surface area contributed by atoms with Crippen LogP contribution in [0.1, 0.15) is 46.3 Å². The van der Waals surface area contributed by atoms with Gasteiger partial charge in [0.1, 0.15) is 11.5 Å². The highest BCUT2D eigenvalue weighted by atomic mass is 16.7. The Kier molecular flexibility index (Phi) is 12.0. The fourth-order valence-electron chi connectivity index (χ4n) is 3.41. The van der Waals surface area contributed by atoms with Crippen LogP contribution in [0.4, 0.5) is 0 Å². The largest absolute Gasteiger partial charge is 0.497 e. The molecule has 0 saturated carbocycles. The number of benzene rings is 2. The lowest BCUT2D eigenvalue weighted by Gasteiger charge is -2.22. The van der Waals surface area contributed by atoms with Crippen molar-refractivity contribution in [1.82, 2.24) is 0 Å². The van der Waals surface area contributed by atoms with Crippen LogP contribution in [0, 0.1) is 0 Å². The average molecular weight is 491 g/mol. The maximum absolute atomic E-state index is 11.4. The average Bonchev–Trinajstić information content (AvgIpc) is 2.91. The molecule has 1 N–H and O–H groups in total. The Morgan fingerprint density at radius 3 is 2.17 bits per heavy atom. The minimum absolute atomic E-state index is 0.131. The SMILES string of the molecule is COC(=O)Cc1cc(COC2CCCCO2)cc(OC)c1.COC(=O)c1cc(CO)cc(OC)c1. The van der Waals surface area contributed by atoms with E-state index in [0.717, 1.165) is 37.0 Å². The van der Waals surface area contributed by atoms with E-state index in [1.165, 1.54) is 21.3 Å². The number of hydrogen-bond donors (Lipinski definition) is 1. The summed E-state index contributed by atoms with van der Waals surface area (Å²) in [4.78, 5) is 22.6. The third-order valence-corrected chi connectivity index (χ3v) is 5.22. The van der Waals surface area contributed by atoms with E-state index in [1.807, 2.05) is 18.2 Å². The van der Waals surface area contributed by atoms with Gasteiger partial charge in [0.15, 0.2) is 6.29 Å². The van der Waals surface area contributed by atoms with Crippen LogP contribution in [0.25, 0.3) is 0 Å². The summed E-state index contributed by atoms with van der Waals surface area (Å²) in [6.45, 7) is 1.06. The van der Waals surface area contributed by atoms with E-state index in [4.69, 9.17) is 28.8 Å². The first kappa shape index (κ1) is 28.1. The van der Waals surface area contributed by atoms with E-state index < -0.39 is 5.97 Å². The van der Waals surface area contributed by atoms with Crippen molar-refractivity contribution in [2.75, 3.05) is 35.0 Å². The summed E-state index contributed by atoms with van der Waals surface area (Å²) >= 11 is 0. The van der Waals surface area contributed by atoms with Gasteiger partial charge in [-0.25, -0.2) is 4.79 Å². The number of hydrogen-bond acceptors (Lipinski definition) is 9. The van der Waals surface area contributed by atoms with E-state index in [1.54, 1.807) is 25.3 Å². The fourth-order valence-corrected chi connectivity index (χ4v) is 3.41.